The highest BCUT2D eigenvalue weighted by Crippen LogP contribution is 2.27. The first-order valence-electron chi connectivity index (χ1n) is 8.16. The molecule has 1 heterocycles. The number of rotatable bonds is 7. The largest absolute Gasteiger partial charge is 0.461 e. The predicted octanol–water partition coefficient (Wildman–Crippen LogP) is 3.75. The zero-order chi connectivity index (χ0) is 18.4. The van der Waals surface area contributed by atoms with Crippen molar-refractivity contribution >= 4 is 29.3 Å². The summed E-state index contributed by atoms with van der Waals surface area (Å²) in [7, 11) is 0. The van der Waals surface area contributed by atoms with Crippen LogP contribution in [0, 0.1) is 6.92 Å². The maximum Gasteiger partial charge on any atom is 0.356 e. The van der Waals surface area contributed by atoms with Crippen molar-refractivity contribution in [3.63, 3.8) is 0 Å². The Kier molecular flexibility index (Phi) is 6.64. The van der Waals surface area contributed by atoms with Crippen LogP contribution in [-0.2, 0) is 9.53 Å². The number of carbonyl (C=O) groups is 2. The molecule has 0 aliphatic carbocycles. The molecule has 25 heavy (non-hydrogen) atoms. The van der Waals surface area contributed by atoms with Gasteiger partial charge in [-0.2, -0.15) is 0 Å². The van der Waals surface area contributed by atoms with E-state index in [0.717, 1.165) is 16.8 Å². The summed E-state index contributed by atoms with van der Waals surface area (Å²) in [5.74, 6) is -0.0510. The van der Waals surface area contributed by atoms with E-state index in [1.54, 1.807) is 6.92 Å². The Bertz CT molecular complexity index is 756. The highest BCUT2D eigenvalue weighted by molar-refractivity contribution is 7.99. The molecule has 1 amide bonds. The number of ether oxygens (including phenoxy) is 1. The molecule has 0 atom stereocenters. The molecular formula is C18H23N3O3S. The molecule has 0 aliphatic heterocycles. The molecule has 0 radical (unpaired) electrons. The lowest BCUT2D eigenvalue weighted by Crippen LogP contribution is -2.16. The molecule has 0 fully saturated rings. The first-order chi connectivity index (χ1) is 11.9. The van der Waals surface area contributed by atoms with Crippen LogP contribution in [0.25, 0.3) is 0 Å². The highest BCUT2D eigenvalue weighted by Gasteiger charge is 2.14. The lowest BCUT2D eigenvalue weighted by molar-refractivity contribution is -0.113. The fraction of sp³-hybridized carbons (Fsp3) is 0.389. The van der Waals surface area contributed by atoms with Crippen LogP contribution in [-0.4, -0.2) is 34.2 Å². The average Bonchev–Trinajstić information content (AvgIpc) is 3.04. The number of esters is 1. The third kappa shape index (κ3) is 5.09. The number of hydrogen-bond acceptors (Lipinski definition) is 5. The maximum absolute atomic E-state index is 12.3. The van der Waals surface area contributed by atoms with E-state index < -0.39 is 5.97 Å². The molecule has 0 aliphatic rings. The van der Waals surface area contributed by atoms with Crippen LogP contribution in [0.15, 0.2) is 29.6 Å². The summed E-state index contributed by atoms with van der Waals surface area (Å²) in [4.78, 5) is 30.8. The Hall–Kier alpha value is -2.28. The standard InChI is InChI=1S/C18H23N3O3S/c1-5-24-17(23)14-9-19-18(20-14)25-10-15(22)21-16-12(4)7-6-8-13(16)11(2)3/h6-9,11H,5,10H2,1-4H3,(H,19,20)(H,21,22). The topological polar surface area (TPSA) is 84.1 Å². The van der Waals surface area contributed by atoms with Gasteiger partial charge in [-0.3, -0.25) is 4.79 Å². The molecule has 0 unspecified atom stereocenters. The van der Waals surface area contributed by atoms with Crippen LogP contribution in [0.5, 0.6) is 0 Å². The van der Waals surface area contributed by atoms with Gasteiger partial charge in [0, 0.05) is 5.69 Å². The summed E-state index contributed by atoms with van der Waals surface area (Å²) in [5, 5.41) is 3.49. The number of imidazole rings is 1. The number of thioether (sulfide) groups is 1. The minimum atomic E-state index is -0.451. The number of aryl methyl sites for hydroxylation is 1. The Balaban J connectivity index is 1.97. The van der Waals surface area contributed by atoms with Gasteiger partial charge in [-0.15, -0.1) is 0 Å². The third-order valence-electron chi connectivity index (χ3n) is 3.58. The van der Waals surface area contributed by atoms with E-state index in [9.17, 15) is 9.59 Å². The number of para-hydroxylation sites is 1. The number of anilines is 1. The van der Waals surface area contributed by atoms with Gasteiger partial charge in [-0.25, -0.2) is 9.78 Å². The van der Waals surface area contributed by atoms with Gasteiger partial charge >= 0.3 is 5.97 Å². The summed E-state index contributed by atoms with van der Waals surface area (Å²) in [6.07, 6.45) is 1.41. The molecule has 134 valence electrons. The van der Waals surface area contributed by atoms with Gasteiger partial charge in [-0.1, -0.05) is 43.8 Å². The van der Waals surface area contributed by atoms with Crippen molar-refractivity contribution in [3.05, 3.63) is 41.2 Å². The third-order valence-corrected chi connectivity index (χ3v) is 4.47. The fourth-order valence-electron chi connectivity index (χ4n) is 2.34. The number of benzene rings is 1. The second-order valence-corrected chi connectivity index (χ2v) is 6.82. The molecule has 2 aromatic rings. The molecule has 2 N–H and O–H groups in total. The van der Waals surface area contributed by atoms with E-state index in [4.69, 9.17) is 4.74 Å². The van der Waals surface area contributed by atoms with Gasteiger partial charge in [-0.05, 0) is 30.9 Å². The first kappa shape index (κ1) is 19.1. The van der Waals surface area contributed by atoms with Crippen LogP contribution in [0.2, 0.25) is 0 Å². The summed E-state index contributed by atoms with van der Waals surface area (Å²) in [5.41, 5.74) is 3.30. The van der Waals surface area contributed by atoms with Crippen molar-refractivity contribution in [2.75, 3.05) is 17.7 Å². The van der Waals surface area contributed by atoms with Gasteiger partial charge < -0.3 is 15.0 Å². The number of carbonyl (C=O) groups excluding carboxylic acids is 2. The van der Waals surface area contributed by atoms with Crippen molar-refractivity contribution < 1.29 is 14.3 Å². The normalized spacial score (nSPS) is 10.8. The van der Waals surface area contributed by atoms with E-state index in [2.05, 4.69) is 29.1 Å². The van der Waals surface area contributed by atoms with Gasteiger partial charge in [0.1, 0.15) is 5.69 Å². The minimum Gasteiger partial charge on any atom is -0.461 e. The van der Waals surface area contributed by atoms with E-state index in [0.29, 0.717) is 17.7 Å². The van der Waals surface area contributed by atoms with E-state index >= 15 is 0 Å². The van der Waals surface area contributed by atoms with E-state index in [1.165, 1.54) is 18.0 Å². The van der Waals surface area contributed by atoms with Crippen LogP contribution in [0.3, 0.4) is 0 Å². The molecule has 0 saturated carbocycles. The summed E-state index contributed by atoms with van der Waals surface area (Å²) < 4.78 is 4.90. The van der Waals surface area contributed by atoms with Crippen molar-refractivity contribution in [3.8, 4) is 0 Å². The Labute approximate surface area is 151 Å². The monoisotopic (exact) mass is 361 g/mol. The minimum absolute atomic E-state index is 0.115. The molecule has 1 aromatic heterocycles. The Morgan fingerprint density at radius 3 is 2.80 bits per heavy atom. The number of hydrogen-bond donors (Lipinski definition) is 2. The Morgan fingerprint density at radius 2 is 2.12 bits per heavy atom. The zero-order valence-corrected chi connectivity index (χ0v) is 15.7. The number of aromatic amines is 1. The number of aromatic nitrogens is 2. The number of H-pyrrole nitrogens is 1. The van der Waals surface area contributed by atoms with Gasteiger partial charge in [0.05, 0.1) is 18.6 Å². The first-order valence-corrected chi connectivity index (χ1v) is 9.15. The average molecular weight is 361 g/mol. The predicted molar refractivity (Wildman–Crippen MR) is 99.2 cm³/mol. The second-order valence-electron chi connectivity index (χ2n) is 5.85. The van der Waals surface area contributed by atoms with Crippen molar-refractivity contribution in [2.45, 2.75) is 38.8 Å². The molecule has 1 aromatic carbocycles. The molecule has 6 nitrogen and oxygen atoms in total. The van der Waals surface area contributed by atoms with Crippen LogP contribution in [0.1, 0.15) is 48.3 Å². The van der Waals surface area contributed by atoms with Crippen LogP contribution in [0.4, 0.5) is 5.69 Å². The molecule has 0 spiro atoms. The smallest absolute Gasteiger partial charge is 0.356 e. The van der Waals surface area contributed by atoms with Crippen molar-refractivity contribution in [2.24, 2.45) is 0 Å². The lowest BCUT2D eigenvalue weighted by atomic mass is 9.98. The van der Waals surface area contributed by atoms with Gasteiger partial charge in [0.25, 0.3) is 0 Å². The molecule has 2 rings (SSSR count). The second kappa shape index (κ2) is 8.71. The van der Waals surface area contributed by atoms with Gasteiger partial charge in [0.2, 0.25) is 5.91 Å². The van der Waals surface area contributed by atoms with Crippen LogP contribution >= 0.6 is 11.8 Å². The Morgan fingerprint density at radius 1 is 1.36 bits per heavy atom. The maximum atomic E-state index is 12.3. The van der Waals surface area contributed by atoms with E-state index in [1.807, 2.05) is 25.1 Å². The quantitative estimate of drug-likeness (QED) is 0.579. The van der Waals surface area contributed by atoms with Crippen molar-refractivity contribution in [1.82, 2.24) is 9.97 Å². The summed E-state index contributed by atoms with van der Waals surface area (Å²) in [6, 6.07) is 6.00. The van der Waals surface area contributed by atoms with Gasteiger partial charge in [0.15, 0.2) is 5.16 Å². The molecule has 0 bridgehead atoms. The van der Waals surface area contributed by atoms with Crippen molar-refractivity contribution in [1.29, 1.82) is 0 Å². The highest BCUT2D eigenvalue weighted by atomic mass is 32.2. The lowest BCUT2D eigenvalue weighted by Gasteiger charge is -2.16. The van der Waals surface area contributed by atoms with E-state index in [-0.39, 0.29) is 17.4 Å². The molecule has 0 saturated heterocycles. The molecule has 7 heteroatoms. The SMILES string of the molecule is CCOC(=O)c1cnc(SCC(=O)Nc2c(C)cccc2C(C)C)[nH]1. The summed E-state index contributed by atoms with van der Waals surface area (Å²) >= 11 is 1.24. The summed E-state index contributed by atoms with van der Waals surface area (Å²) in [6.45, 7) is 8.22. The molecular weight excluding hydrogens is 338 g/mol. The number of nitrogens with zero attached hydrogens (tertiary/aromatic N) is 1. The number of amides is 1. The number of nitrogens with one attached hydrogen (secondary N) is 2. The zero-order valence-electron chi connectivity index (χ0n) is 14.9. The fourth-order valence-corrected chi connectivity index (χ4v) is 2.99. The van der Waals surface area contributed by atoms with Crippen LogP contribution < -0.4 is 5.32 Å².